The quantitative estimate of drug-likeness (QED) is 0.328. The van der Waals surface area contributed by atoms with Crippen molar-refractivity contribution in [2.24, 2.45) is 5.73 Å². The van der Waals surface area contributed by atoms with Gasteiger partial charge in [-0.05, 0) is 0 Å². The predicted octanol–water partition coefficient (Wildman–Crippen LogP) is -1.40. The van der Waals surface area contributed by atoms with Crippen LogP contribution < -0.4 is 11.1 Å². The first-order valence-electron chi connectivity index (χ1n) is 1.72. The number of rotatable bonds is 3. The Bertz CT molecular complexity index is 37.8. The van der Waals surface area contributed by atoms with Crippen LogP contribution in [0.1, 0.15) is 0 Å². The fraction of sp³-hybridized carbons (Fsp3) is 0.667. The first-order valence-corrected chi connectivity index (χ1v) is 1.72. The first-order chi connectivity index (χ1) is 2.91. The zero-order chi connectivity index (χ0) is 4.83. The van der Waals surface area contributed by atoms with E-state index in [1.807, 2.05) is 0 Å². The molecule has 0 heterocycles. The Morgan fingerprint density at radius 2 is 2.50 bits per heavy atom. The molecule has 35 valence electrons. The molecule has 1 amide bonds. The van der Waals surface area contributed by atoms with Crippen molar-refractivity contribution in [3.63, 3.8) is 0 Å². The molecule has 0 rings (SSSR count). The van der Waals surface area contributed by atoms with Crippen LogP contribution in [-0.4, -0.2) is 19.5 Å². The molecule has 0 unspecified atom stereocenters. The molecule has 0 aromatic carbocycles. The lowest BCUT2D eigenvalue weighted by molar-refractivity contribution is 0.543. The van der Waals surface area contributed by atoms with Gasteiger partial charge in [0, 0.05) is 13.1 Å². The normalized spacial score (nSPS) is 7.50. The zero-order valence-electron chi connectivity index (χ0n) is 3.40. The van der Waals surface area contributed by atoms with Gasteiger partial charge >= 0.3 is 6.41 Å². The van der Waals surface area contributed by atoms with Crippen LogP contribution in [0.4, 0.5) is 0 Å². The molecule has 1 radical (unpaired) electrons. The lowest BCUT2D eigenvalue weighted by Gasteiger charge is -1.85. The van der Waals surface area contributed by atoms with E-state index < -0.39 is 0 Å². The Morgan fingerprint density at radius 1 is 1.83 bits per heavy atom. The predicted molar refractivity (Wildman–Crippen MR) is 22.8 cm³/mol. The number of hydrogen-bond donors (Lipinski definition) is 2. The summed E-state index contributed by atoms with van der Waals surface area (Å²) in [5.41, 5.74) is 4.97. The van der Waals surface area contributed by atoms with Crippen LogP contribution in [0.15, 0.2) is 0 Å². The molecule has 0 fully saturated rings. The molecule has 0 aromatic heterocycles. The Kier molecular flexibility index (Phi) is 4.01. The van der Waals surface area contributed by atoms with E-state index in [1.165, 1.54) is 6.41 Å². The monoisotopic (exact) mass is 87.1 g/mol. The van der Waals surface area contributed by atoms with Gasteiger partial charge in [0.1, 0.15) is 0 Å². The summed E-state index contributed by atoms with van der Waals surface area (Å²) in [4.78, 5) is 9.27. The van der Waals surface area contributed by atoms with Gasteiger partial charge in [-0.3, -0.25) is 4.79 Å². The van der Waals surface area contributed by atoms with Crippen molar-refractivity contribution in [3.05, 3.63) is 0 Å². The average Bonchev–Trinajstić information content (AvgIpc) is 1.61. The van der Waals surface area contributed by atoms with Crippen molar-refractivity contribution >= 4 is 6.41 Å². The molecule has 3 N–H and O–H groups in total. The largest absolute Gasteiger partial charge is 0.347 e. The Balaban J connectivity index is 2.49. The van der Waals surface area contributed by atoms with Crippen LogP contribution in [-0.2, 0) is 4.79 Å². The maximum absolute atomic E-state index is 9.27. The molecule has 0 spiro atoms. The second-order valence-corrected chi connectivity index (χ2v) is 0.818. The van der Waals surface area contributed by atoms with Gasteiger partial charge in [-0.1, -0.05) is 0 Å². The molecule has 0 aliphatic heterocycles. The van der Waals surface area contributed by atoms with Gasteiger partial charge in [0.2, 0.25) is 0 Å². The molecule has 0 bridgehead atoms. The second-order valence-electron chi connectivity index (χ2n) is 0.818. The lowest BCUT2D eigenvalue weighted by Crippen LogP contribution is -2.20. The molecular weight excluding hydrogens is 80.0 g/mol. The molecule has 0 saturated carbocycles. The highest BCUT2D eigenvalue weighted by Gasteiger charge is 1.71. The standard InChI is InChI=1S/C3H7N2O/c4-1-2-5-3-6/h1-2,4H2,(H,5,6). The van der Waals surface area contributed by atoms with Crippen LogP contribution in [0, 0.1) is 0 Å². The minimum atomic E-state index is 0.481. The maximum atomic E-state index is 9.27. The molecule has 6 heavy (non-hydrogen) atoms. The summed E-state index contributed by atoms with van der Waals surface area (Å²) in [6.45, 7) is 0.999. The van der Waals surface area contributed by atoms with Crippen molar-refractivity contribution in [2.45, 2.75) is 0 Å². The summed E-state index contributed by atoms with van der Waals surface area (Å²) < 4.78 is 0. The topological polar surface area (TPSA) is 55.1 Å². The van der Waals surface area contributed by atoms with Crippen LogP contribution in [0.3, 0.4) is 0 Å². The molecule has 0 atom stereocenters. The molecule has 0 aliphatic carbocycles. The average molecular weight is 87.1 g/mol. The van der Waals surface area contributed by atoms with Crippen molar-refractivity contribution in [3.8, 4) is 0 Å². The minimum Gasteiger partial charge on any atom is -0.347 e. The minimum absolute atomic E-state index is 0.481. The smallest absolute Gasteiger partial charge is 0.309 e. The van der Waals surface area contributed by atoms with E-state index >= 15 is 0 Å². The molecule has 0 saturated heterocycles. The van der Waals surface area contributed by atoms with Gasteiger partial charge in [-0.25, -0.2) is 0 Å². The van der Waals surface area contributed by atoms with Gasteiger partial charge in [-0.15, -0.1) is 0 Å². The van der Waals surface area contributed by atoms with E-state index in [0.29, 0.717) is 13.1 Å². The SMILES string of the molecule is NCCN[C]=O. The highest BCUT2D eigenvalue weighted by atomic mass is 16.1. The number of amides is 1. The fourth-order valence-corrected chi connectivity index (χ4v) is 0.123. The first kappa shape index (κ1) is 5.43. The van der Waals surface area contributed by atoms with E-state index in [2.05, 4.69) is 5.32 Å². The summed E-state index contributed by atoms with van der Waals surface area (Å²) >= 11 is 0. The summed E-state index contributed by atoms with van der Waals surface area (Å²) in [7, 11) is 0. The van der Waals surface area contributed by atoms with Crippen LogP contribution in [0.25, 0.3) is 0 Å². The molecule has 3 nitrogen and oxygen atoms in total. The van der Waals surface area contributed by atoms with E-state index in [1.54, 1.807) is 0 Å². The van der Waals surface area contributed by atoms with Gasteiger partial charge in [-0.2, -0.15) is 0 Å². The van der Waals surface area contributed by atoms with Crippen molar-refractivity contribution < 1.29 is 4.79 Å². The van der Waals surface area contributed by atoms with E-state index in [-0.39, 0.29) is 0 Å². The van der Waals surface area contributed by atoms with Crippen molar-refractivity contribution in [1.82, 2.24) is 5.32 Å². The fourth-order valence-electron chi connectivity index (χ4n) is 0.123. The van der Waals surface area contributed by atoms with Gasteiger partial charge in [0.05, 0.1) is 0 Å². The van der Waals surface area contributed by atoms with Gasteiger partial charge < -0.3 is 11.1 Å². The van der Waals surface area contributed by atoms with Crippen molar-refractivity contribution in [1.29, 1.82) is 0 Å². The highest BCUT2D eigenvalue weighted by Crippen LogP contribution is 1.39. The van der Waals surface area contributed by atoms with Crippen LogP contribution in [0.5, 0.6) is 0 Å². The van der Waals surface area contributed by atoms with E-state index in [4.69, 9.17) is 5.73 Å². The Hall–Kier alpha value is -0.570. The van der Waals surface area contributed by atoms with Crippen LogP contribution >= 0.6 is 0 Å². The number of nitrogens with one attached hydrogen (secondary N) is 1. The summed E-state index contributed by atoms with van der Waals surface area (Å²) in [5, 5.41) is 2.27. The number of carbonyl (C=O) groups excluding carboxylic acids is 1. The number of hydrogen-bond acceptors (Lipinski definition) is 2. The lowest BCUT2D eigenvalue weighted by atomic mass is 10.7. The van der Waals surface area contributed by atoms with E-state index in [0.717, 1.165) is 0 Å². The molecule has 3 heteroatoms. The summed E-state index contributed by atoms with van der Waals surface area (Å²) in [6.07, 6.45) is 1.49. The Labute approximate surface area is 36.5 Å². The summed E-state index contributed by atoms with van der Waals surface area (Å²) in [6, 6.07) is 0. The van der Waals surface area contributed by atoms with Crippen LogP contribution in [0.2, 0.25) is 0 Å². The summed E-state index contributed by atoms with van der Waals surface area (Å²) in [5.74, 6) is 0. The van der Waals surface area contributed by atoms with Gasteiger partial charge in [0.25, 0.3) is 0 Å². The Morgan fingerprint density at radius 3 is 2.67 bits per heavy atom. The van der Waals surface area contributed by atoms with E-state index in [9.17, 15) is 4.79 Å². The third-order valence-electron chi connectivity index (χ3n) is 0.342. The second kappa shape index (κ2) is 4.43. The maximum Gasteiger partial charge on any atom is 0.309 e. The van der Waals surface area contributed by atoms with Crippen molar-refractivity contribution in [2.75, 3.05) is 13.1 Å². The third-order valence-corrected chi connectivity index (χ3v) is 0.342. The molecule has 0 aliphatic rings. The zero-order valence-corrected chi connectivity index (χ0v) is 3.40. The molecular formula is C3H7N2O. The number of nitrogens with two attached hydrogens (primary N) is 1. The molecule has 0 aromatic rings. The third kappa shape index (κ3) is 3.43. The highest BCUT2D eigenvalue weighted by molar-refractivity contribution is 5.46. The van der Waals surface area contributed by atoms with Gasteiger partial charge in [0.15, 0.2) is 0 Å².